The molecule has 7 heteroatoms. The number of nitrogens with zero attached hydrogens (tertiary/aromatic N) is 6. The van der Waals surface area contributed by atoms with E-state index in [1.54, 1.807) is 30.9 Å². The fraction of sp³-hybridized carbons (Fsp3) is 0.333. The molecule has 1 aliphatic rings. The Morgan fingerprint density at radius 2 is 2.04 bits per heavy atom. The van der Waals surface area contributed by atoms with Crippen molar-refractivity contribution >= 4 is 5.82 Å². The van der Waals surface area contributed by atoms with Crippen molar-refractivity contribution < 1.29 is 5.11 Å². The summed E-state index contributed by atoms with van der Waals surface area (Å²) in [5, 5.41) is 18.9. The third kappa shape index (κ3) is 3.05. The van der Waals surface area contributed by atoms with Gasteiger partial charge in [0.05, 0.1) is 23.8 Å². The molecule has 4 rings (SSSR count). The summed E-state index contributed by atoms with van der Waals surface area (Å²) in [5.74, 6) is 1.30. The number of benzene rings is 1. The first-order valence-corrected chi connectivity index (χ1v) is 8.46. The Bertz CT molecular complexity index is 841. The van der Waals surface area contributed by atoms with E-state index in [-0.39, 0.29) is 5.75 Å². The van der Waals surface area contributed by atoms with E-state index in [0.29, 0.717) is 17.4 Å². The highest BCUT2D eigenvalue weighted by Crippen LogP contribution is 2.29. The van der Waals surface area contributed by atoms with Gasteiger partial charge in [-0.2, -0.15) is 0 Å². The summed E-state index contributed by atoms with van der Waals surface area (Å²) in [6.45, 7) is 0. The minimum absolute atomic E-state index is 0.116. The summed E-state index contributed by atoms with van der Waals surface area (Å²) in [6, 6.07) is 5.87. The summed E-state index contributed by atoms with van der Waals surface area (Å²) in [5.41, 5.74) is 1.38. The van der Waals surface area contributed by atoms with Crippen LogP contribution in [-0.4, -0.2) is 42.9 Å². The molecule has 1 N–H and O–H groups in total. The van der Waals surface area contributed by atoms with Crippen LogP contribution >= 0.6 is 0 Å². The average molecular weight is 336 g/mol. The van der Waals surface area contributed by atoms with Crippen molar-refractivity contribution in [3.05, 3.63) is 43.1 Å². The van der Waals surface area contributed by atoms with Crippen LogP contribution in [0.1, 0.15) is 25.7 Å². The Kier molecular flexibility index (Phi) is 4.05. The minimum Gasteiger partial charge on any atom is -0.507 e. The molecular weight excluding hydrogens is 316 g/mol. The van der Waals surface area contributed by atoms with E-state index in [2.05, 4.69) is 25.1 Å². The predicted molar refractivity (Wildman–Crippen MR) is 94.7 cm³/mol. The third-order valence-electron chi connectivity index (χ3n) is 4.81. The molecule has 0 atom stereocenters. The highest BCUT2D eigenvalue weighted by molar-refractivity contribution is 5.66. The summed E-state index contributed by atoms with van der Waals surface area (Å²) >= 11 is 0. The number of aromatic hydroxyl groups is 1. The maximum Gasteiger partial charge on any atom is 0.185 e. The lowest BCUT2D eigenvalue weighted by molar-refractivity contribution is 0.476. The predicted octanol–water partition coefficient (Wildman–Crippen LogP) is 2.81. The summed E-state index contributed by atoms with van der Waals surface area (Å²) in [4.78, 5) is 10.6. The van der Waals surface area contributed by atoms with Crippen LogP contribution in [0.25, 0.3) is 17.1 Å². The van der Waals surface area contributed by atoms with Gasteiger partial charge in [-0.15, -0.1) is 10.2 Å². The molecule has 0 aliphatic heterocycles. The number of phenolic OH excluding ortho intramolecular Hbond substituents is 1. The molecule has 2 heterocycles. The van der Waals surface area contributed by atoms with E-state index in [1.807, 2.05) is 23.9 Å². The minimum atomic E-state index is 0.116. The standard InChI is InChI=1S/C18H20N6O/c1-23(13-4-2-3-5-13)17-11-20-18(22-21-17)15-7-6-14(10-16(15)25)24-9-8-19-12-24/h6-13,25H,2-5H2,1H3. The van der Waals surface area contributed by atoms with E-state index in [1.165, 1.54) is 25.7 Å². The molecule has 1 saturated carbocycles. The van der Waals surface area contributed by atoms with Crippen LogP contribution in [-0.2, 0) is 0 Å². The number of aromatic nitrogens is 5. The number of imidazole rings is 1. The monoisotopic (exact) mass is 336 g/mol. The molecule has 3 aromatic rings. The number of anilines is 1. The quantitative estimate of drug-likeness (QED) is 0.789. The van der Waals surface area contributed by atoms with Gasteiger partial charge in [-0.3, -0.25) is 0 Å². The van der Waals surface area contributed by atoms with Crippen molar-refractivity contribution in [2.24, 2.45) is 0 Å². The van der Waals surface area contributed by atoms with Crippen LogP contribution in [0.15, 0.2) is 43.1 Å². The van der Waals surface area contributed by atoms with Gasteiger partial charge in [-0.1, -0.05) is 12.8 Å². The molecule has 128 valence electrons. The highest BCUT2D eigenvalue weighted by Gasteiger charge is 2.21. The van der Waals surface area contributed by atoms with Crippen LogP contribution in [0, 0.1) is 0 Å². The molecule has 0 amide bonds. The topological polar surface area (TPSA) is 80.0 Å². The molecule has 2 aromatic heterocycles. The van der Waals surface area contributed by atoms with Gasteiger partial charge >= 0.3 is 0 Å². The number of phenols is 1. The second-order valence-corrected chi connectivity index (χ2v) is 6.36. The Balaban J connectivity index is 1.57. The zero-order valence-electron chi connectivity index (χ0n) is 14.1. The van der Waals surface area contributed by atoms with Gasteiger partial charge in [-0.25, -0.2) is 9.97 Å². The lowest BCUT2D eigenvalue weighted by Gasteiger charge is -2.24. The lowest BCUT2D eigenvalue weighted by atomic mass is 10.1. The second kappa shape index (κ2) is 6.51. The molecular formula is C18H20N6O. The largest absolute Gasteiger partial charge is 0.507 e. The van der Waals surface area contributed by atoms with Gasteiger partial charge in [0.1, 0.15) is 5.75 Å². The van der Waals surface area contributed by atoms with Crippen molar-refractivity contribution in [3.8, 4) is 22.8 Å². The summed E-state index contributed by atoms with van der Waals surface area (Å²) < 4.78 is 1.82. The molecule has 0 saturated heterocycles. The first-order chi connectivity index (χ1) is 12.2. The lowest BCUT2D eigenvalue weighted by Crippen LogP contribution is -2.29. The van der Waals surface area contributed by atoms with Gasteiger partial charge in [0, 0.05) is 31.5 Å². The normalized spacial score (nSPS) is 14.8. The van der Waals surface area contributed by atoms with Crippen molar-refractivity contribution in [1.82, 2.24) is 24.7 Å². The SMILES string of the molecule is CN(c1cnc(-c2ccc(-n3ccnc3)cc2O)nn1)C1CCCC1. The number of rotatable bonds is 4. The van der Waals surface area contributed by atoms with Crippen molar-refractivity contribution in [1.29, 1.82) is 0 Å². The fourth-order valence-corrected chi connectivity index (χ4v) is 3.31. The molecule has 25 heavy (non-hydrogen) atoms. The zero-order chi connectivity index (χ0) is 17.2. The second-order valence-electron chi connectivity index (χ2n) is 6.36. The molecule has 0 unspecified atom stereocenters. The molecule has 1 aliphatic carbocycles. The molecule has 7 nitrogen and oxygen atoms in total. The van der Waals surface area contributed by atoms with E-state index in [4.69, 9.17) is 0 Å². The molecule has 1 aromatic carbocycles. The van der Waals surface area contributed by atoms with Gasteiger partial charge in [0.2, 0.25) is 0 Å². The fourth-order valence-electron chi connectivity index (χ4n) is 3.31. The van der Waals surface area contributed by atoms with E-state index >= 15 is 0 Å². The van der Waals surface area contributed by atoms with E-state index in [9.17, 15) is 5.11 Å². The van der Waals surface area contributed by atoms with Crippen LogP contribution in [0.2, 0.25) is 0 Å². The third-order valence-corrected chi connectivity index (χ3v) is 4.81. The van der Waals surface area contributed by atoms with Crippen LogP contribution in [0.5, 0.6) is 5.75 Å². The highest BCUT2D eigenvalue weighted by atomic mass is 16.3. The Hall–Kier alpha value is -2.96. The maximum atomic E-state index is 10.3. The zero-order valence-corrected chi connectivity index (χ0v) is 14.1. The maximum absolute atomic E-state index is 10.3. The van der Waals surface area contributed by atoms with Crippen molar-refractivity contribution in [3.63, 3.8) is 0 Å². The van der Waals surface area contributed by atoms with Crippen molar-refractivity contribution in [2.75, 3.05) is 11.9 Å². The van der Waals surface area contributed by atoms with Gasteiger partial charge in [0.15, 0.2) is 11.6 Å². The van der Waals surface area contributed by atoms with Gasteiger partial charge in [0.25, 0.3) is 0 Å². The Morgan fingerprint density at radius 3 is 2.68 bits per heavy atom. The van der Waals surface area contributed by atoms with E-state index in [0.717, 1.165) is 11.5 Å². The summed E-state index contributed by atoms with van der Waals surface area (Å²) in [7, 11) is 2.04. The van der Waals surface area contributed by atoms with Crippen LogP contribution in [0.4, 0.5) is 5.82 Å². The van der Waals surface area contributed by atoms with Crippen molar-refractivity contribution in [2.45, 2.75) is 31.7 Å². The van der Waals surface area contributed by atoms with Gasteiger partial charge < -0.3 is 14.6 Å². The Morgan fingerprint density at radius 1 is 1.20 bits per heavy atom. The number of hydrogen-bond donors (Lipinski definition) is 1. The molecule has 1 fully saturated rings. The first kappa shape index (κ1) is 15.6. The number of hydrogen-bond acceptors (Lipinski definition) is 6. The molecule has 0 radical (unpaired) electrons. The van der Waals surface area contributed by atoms with Crippen LogP contribution in [0.3, 0.4) is 0 Å². The smallest absolute Gasteiger partial charge is 0.185 e. The first-order valence-electron chi connectivity index (χ1n) is 8.46. The van der Waals surface area contributed by atoms with E-state index < -0.39 is 0 Å². The summed E-state index contributed by atoms with van der Waals surface area (Å²) in [6.07, 6.45) is 11.8. The average Bonchev–Trinajstić information content (AvgIpc) is 3.35. The Labute approximate surface area is 146 Å². The van der Waals surface area contributed by atoms with Gasteiger partial charge in [-0.05, 0) is 25.0 Å². The van der Waals surface area contributed by atoms with Crippen LogP contribution < -0.4 is 4.90 Å². The molecule has 0 spiro atoms. The molecule has 0 bridgehead atoms.